The van der Waals surface area contributed by atoms with E-state index in [1.807, 2.05) is 0 Å². The second-order valence-electron chi connectivity index (χ2n) is 6.70. The predicted octanol–water partition coefficient (Wildman–Crippen LogP) is 2.56. The minimum Gasteiger partial charge on any atom is -0.356 e. The van der Waals surface area contributed by atoms with Gasteiger partial charge >= 0.3 is 0 Å². The summed E-state index contributed by atoms with van der Waals surface area (Å²) in [5.41, 5.74) is 0. The van der Waals surface area contributed by atoms with Gasteiger partial charge in [-0.05, 0) is 12.8 Å². The second kappa shape index (κ2) is 15.3. The predicted molar refractivity (Wildman–Crippen MR) is 113 cm³/mol. The second-order valence-corrected chi connectivity index (χ2v) is 6.70. The molecule has 0 unspecified atom stereocenters. The van der Waals surface area contributed by atoms with Crippen molar-refractivity contribution in [1.82, 2.24) is 21.3 Å². The van der Waals surface area contributed by atoms with E-state index in [2.05, 4.69) is 31.3 Å². The topological polar surface area (TPSA) is 72.8 Å². The number of guanidine groups is 2. The van der Waals surface area contributed by atoms with Crippen LogP contribution in [0.25, 0.3) is 0 Å². The zero-order valence-corrected chi connectivity index (χ0v) is 17.3. The van der Waals surface area contributed by atoms with E-state index in [1.165, 1.54) is 64.2 Å². The molecule has 0 saturated carbocycles. The van der Waals surface area contributed by atoms with Crippen molar-refractivity contribution in [3.63, 3.8) is 0 Å². The lowest BCUT2D eigenvalue weighted by atomic mass is 10.1. The van der Waals surface area contributed by atoms with Gasteiger partial charge in [0.25, 0.3) is 0 Å². The Labute approximate surface area is 163 Å². The normalized spacial score (nSPS) is 15.7. The summed E-state index contributed by atoms with van der Waals surface area (Å²) in [6, 6.07) is 0. The quantitative estimate of drug-likeness (QED) is 0.348. The Balaban J connectivity index is 0.00000312. The number of rotatable bonds is 13. The highest BCUT2D eigenvalue weighted by molar-refractivity contribution is 8.93. The molecule has 4 N–H and O–H groups in total. The number of hydrogen-bond acceptors (Lipinski definition) is 6. The highest BCUT2D eigenvalue weighted by atomic mass is 79.9. The van der Waals surface area contributed by atoms with Crippen LogP contribution in [0.3, 0.4) is 0 Å². The van der Waals surface area contributed by atoms with Crippen LogP contribution in [0, 0.1) is 0 Å². The smallest absolute Gasteiger partial charge is 0.191 e. The summed E-state index contributed by atoms with van der Waals surface area (Å²) < 4.78 is 0. The number of hydrogen-bond donors (Lipinski definition) is 4. The third-order valence-corrected chi connectivity index (χ3v) is 4.54. The van der Waals surface area contributed by atoms with Crippen LogP contribution in [0.1, 0.15) is 64.2 Å². The molecule has 2 aliphatic rings. The average Bonchev–Trinajstić information content (AvgIpc) is 3.28. The van der Waals surface area contributed by atoms with Crippen LogP contribution in [0.15, 0.2) is 9.98 Å². The van der Waals surface area contributed by atoms with Crippen molar-refractivity contribution in [3.8, 4) is 0 Å². The molecule has 0 amide bonds. The van der Waals surface area contributed by atoms with Gasteiger partial charge in [0.15, 0.2) is 11.9 Å². The molecule has 7 heteroatoms. The summed E-state index contributed by atoms with van der Waals surface area (Å²) in [5.74, 6) is 2.00. The molecule has 2 aliphatic heterocycles. The van der Waals surface area contributed by atoms with Gasteiger partial charge in [0, 0.05) is 26.2 Å². The van der Waals surface area contributed by atoms with Crippen LogP contribution < -0.4 is 21.3 Å². The van der Waals surface area contributed by atoms with Gasteiger partial charge in [-0.25, -0.2) is 0 Å². The summed E-state index contributed by atoms with van der Waals surface area (Å²) in [6.45, 7) is 5.94. The lowest BCUT2D eigenvalue weighted by molar-refractivity contribution is 0.548. The van der Waals surface area contributed by atoms with Crippen LogP contribution in [-0.2, 0) is 0 Å². The SMILES string of the molecule is Br.C(CCCCCCNC1=NCCN1)CCCCCNC1=NCCN1. The number of nitrogens with zero attached hydrogens (tertiary/aromatic N) is 2. The molecule has 25 heavy (non-hydrogen) atoms. The maximum Gasteiger partial charge on any atom is 0.191 e. The van der Waals surface area contributed by atoms with Gasteiger partial charge in [-0.2, -0.15) is 0 Å². The van der Waals surface area contributed by atoms with E-state index in [9.17, 15) is 0 Å². The molecular formula is C18H37BrN6. The number of nitrogens with one attached hydrogen (secondary N) is 4. The van der Waals surface area contributed by atoms with Crippen molar-refractivity contribution in [1.29, 1.82) is 0 Å². The van der Waals surface area contributed by atoms with Crippen molar-refractivity contribution >= 4 is 28.9 Å². The Hall–Kier alpha value is -0.980. The monoisotopic (exact) mass is 416 g/mol. The van der Waals surface area contributed by atoms with Crippen molar-refractivity contribution in [3.05, 3.63) is 0 Å². The average molecular weight is 417 g/mol. The zero-order valence-electron chi connectivity index (χ0n) is 15.6. The summed E-state index contributed by atoms with van der Waals surface area (Å²) >= 11 is 0. The van der Waals surface area contributed by atoms with E-state index in [1.54, 1.807) is 0 Å². The minimum atomic E-state index is 0. The van der Waals surface area contributed by atoms with Gasteiger partial charge in [0.2, 0.25) is 0 Å². The van der Waals surface area contributed by atoms with E-state index < -0.39 is 0 Å². The molecular weight excluding hydrogens is 380 g/mol. The fraction of sp³-hybridized carbons (Fsp3) is 0.889. The summed E-state index contributed by atoms with van der Waals surface area (Å²) in [4.78, 5) is 8.66. The molecule has 0 aromatic carbocycles. The lowest BCUT2D eigenvalue weighted by Gasteiger charge is -2.07. The van der Waals surface area contributed by atoms with Crippen LogP contribution in [-0.4, -0.2) is 51.2 Å². The highest BCUT2D eigenvalue weighted by Crippen LogP contribution is 2.10. The molecule has 0 radical (unpaired) electrons. The zero-order chi connectivity index (χ0) is 16.7. The number of unbranched alkanes of at least 4 members (excludes halogenated alkanes) is 9. The van der Waals surface area contributed by atoms with Crippen molar-refractivity contribution in [2.75, 3.05) is 39.3 Å². The van der Waals surface area contributed by atoms with Gasteiger partial charge in [-0.3, -0.25) is 9.98 Å². The van der Waals surface area contributed by atoms with Crippen molar-refractivity contribution in [2.45, 2.75) is 64.2 Å². The number of halogens is 1. The van der Waals surface area contributed by atoms with Crippen LogP contribution in [0.2, 0.25) is 0 Å². The van der Waals surface area contributed by atoms with Crippen molar-refractivity contribution in [2.24, 2.45) is 9.98 Å². The Bertz CT molecular complexity index is 350. The standard InChI is InChI=1S/C18H36N6.BrH/c1(3-5-7-9-11-19-17-21-13-14-22-17)2-4-6-8-10-12-20-18-23-15-16-24-18;/h1-16H2,(H2,19,21,22)(H2,20,23,24);1H. The molecule has 0 saturated heterocycles. The third-order valence-electron chi connectivity index (χ3n) is 4.54. The molecule has 0 aromatic rings. The molecule has 0 aromatic heterocycles. The van der Waals surface area contributed by atoms with Crippen LogP contribution in [0.5, 0.6) is 0 Å². The summed E-state index contributed by atoms with van der Waals surface area (Å²) in [6.07, 6.45) is 13.5. The van der Waals surface area contributed by atoms with Gasteiger partial charge in [0.1, 0.15) is 0 Å². The minimum absolute atomic E-state index is 0. The first-order chi connectivity index (χ1) is 11.9. The molecule has 2 heterocycles. The fourth-order valence-corrected chi connectivity index (χ4v) is 3.11. The molecule has 0 atom stereocenters. The van der Waals surface area contributed by atoms with E-state index in [0.29, 0.717) is 0 Å². The third kappa shape index (κ3) is 11.3. The molecule has 0 spiro atoms. The van der Waals surface area contributed by atoms with E-state index in [0.717, 1.165) is 51.2 Å². The lowest BCUT2D eigenvalue weighted by Crippen LogP contribution is -2.34. The maximum atomic E-state index is 4.33. The Morgan fingerprint density at radius 1 is 0.600 bits per heavy atom. The summed E-state index contributed by atoms with van der Waals surface area (Å²) in [5, 5.41) is 13.2. The van der Waals surface area contributed by atoms with E-state index in [4.69, 9.17) is 0 Å². The molecule has 146 valence electrons. The largest absolute Gasteiger partial charge is 0.356 e. The molecule has 0 aliphatic carbocycles. The maximum absolute atomic E-state index is 4.33. The summed E-state index contributed by atoms with van der Waals surface area (Å²) in [7, 11) is 0. The van der Waals surface area contributed by atoms with E-state index in [-0.39, 0.29) is 17.0 Å². The van der Waals surface area contributed by atoms with Crippen molar-refractivity contribution < 1.29 is 0 Å². The van der Waals surface area contributed by atoms with Gasteiger partial charge in [0.05, 0.1) is 13.1 Å². The van der Waals surface area contributed by atoms with Gasteiger partial charge in [-0.1, -0.05) is 51.4 Å². The molecule has 0 bridgehead atoms. The first-order valence-corrected chi connectivity index (χ1v) is 9.99. The molecule has 0 fully saturated rings. The Morgan fingerprint density at radius 2 is 0.960 bits per heavy atom. The van der Waals surface area contributed by atoms with Gasteiger partial charge < -0.3 is 21.3 Å². The Morgan fingerprint density at radius 3 is 1.28 bits per heavy atom. The fourth-order valence-electron chi connectivity index (χ4n) is 3.11. The Kier molecular flexibility index (Phi) is 13.5. The molecule has 6 nitrogen and oxygen atoms in total. The van der Waals surface area contributed by atoms with E-state index >= 15 is 0 Å². The number of aliphatic imine (C=N–C) groups is 2. The highest BCUT2D eigenvalue weighted by Gasteiger charge is 2.03. The van der Waals surface area contributed by atoms with Crippen LogP contribution in [0.4, 0.5) is 0 Å². The molecule has 2 rings (SSSR count). The first-order valence-electron chi connectivity index (χ1n) is 9.99. The first kappa shape index (κ1) is 22.1. The van der Waals surface area contributed by atoms with Gasteiger partial charge in [-0.15, -0.1) is 17.0 Å². The van der Waals surface area contributed by atoms with Crippen LogP contribution >= 0.6 is 17.0 Å².